The number of carbonyl (C=O) groups is 2. The second-order valence-electron chi connectivity index (χ2n) is 6.86. The third-order valence-electron chi connectivity index (χ3n) is 5.10. The van der Waals surface area contributed by atoms with Crippen molar-refractivity contribution in [3.8, 4) is 0 Å². The second-order valence-corrected chi connectivity index (χ2v) is 6.86. The maximum absolute atomic E-state index is 14.2. The molecule has 0 bridgehead atoms. The normalized spacial score (nSPS) is 21.1. The Morgan fingerprint density at radius 1 is 1.37 bits per heavy atom. The fourth-order valence-electron chi connectivity index (χ4n) is 3.60. The first-order valence-corrected chi connectivity index (χ1v) is 9.14. The van der Waals surface area contributed by atoms with Gasteiger partial charge in [-0.3, -0.25) is 24.5 Å². The van der Waals surface area contributed by atoms with Crippen LogP contribution in [0.3, 0.4) is 0 Å². The molecule has 144 valence electrons. The molecular weight excluding hydrogens is 353 g/mol. The Hall–Kier alpha value is -2.52. The number of ether oxygens (including phenoxy) is 1. The molecule has 2 amide bonds. The number of nitrogens with zero attached hydrogens (tertiary/aromatic N) is 3. The van der Waals surface area contributed by atoms with Gasteiger partial charge in [0.25, 0.3) is 0 Å². The molecule has 2 aromatic rings. The molecular formula is C18H22FN5O3. The van der Waals surface area contributed by atoms with Gasteiger partial charge in [0, 0.05) is 39.1 Å². The average molecular weight is 375 g/mol. The Kier molecular flexibility index (Phi) is 5.04. The van der Waals surface area contributed by atoms with Crippen LogP contribution in [0.4, 0.5) is 10.2 Å². The first-order chi connectivity index (χ1) is 13.1. The van der Waals surface area contributed by atoms with Gasteiger partial charge in [-0.05, 0) is 12.1 Å². The smallest absolute Gasteiger partial charge is 0.229 e. The van der Waals surface area contributed by atoms with E-state index in [0.717, 1.165) is 19.6 Å². The number of aromatic amines is 1. The number of halogens is 1. The van der Waals surface area contributed by atoms with Crippen LogP contribution in [0.5, 0.6) is 0 Å². The minimum Gasteiger partial charge on any atom is -0.379 e. The molecule has 2 aliphatic rings. The van der Waals surface area contributed by atoms with Crippen molar-refractivity contribution in [2.75, 3.05) is 50.8 Å². The van der Waals surface area contributed by atoms with Crippen molar-refractivity contribution < 1.29 is 18.7 Å². The Morgan fingerprint density at radius 3 is 3.00 bits per heavy atom. The number of anilines is 1. The fourth-order valence-corrected chi connectivity index (χ4v) is 3.60. The van der Waals surface area contributed by atoms with Gasteiger partial charge in [-0.25, -0.2) is 4.39 Å². The lowest BCUT2D eigenvalue weighted by Gasteiger charge is -2.26. The van der Waals surface area contributed by atoms with E-state index in [2.05, 4.69) is 20.4 Å². The summed E-state index contributed by atoms with van der Waals surface area (Å²) in [4.78, 5) is 28.5. The lowest BCUT2D eigenvalue weighted by molar-refractivity contribution is -0.126. The number of nitrogens with one attached hydrogen (secondary N) is 2. The SMILES string of the molecule is O=C(NCCN1CCOCC1)[C@@H]1CC(=O)N(c2n[nH]c3cccc(F)c23)C1. The van der Waals surface area contributed by atoms with Crippen LogP contribution in [0.15, 0.2) is 18.2 Å². The summed E-state index contributed by atoms with van der Waals surface area (Å²) in [5, 5.41) is 10.0. The van der Waals surface area contributed by atoms with E-state index >= 15 is 0 Å². The van der Waals surface area contributed by atoms with Gasteiger partial charge in [0.15, 0.2) is 5.82 Å². The quantitative estimate of drug-likeness (QED) is 0.794. The Morgan fingerprint density at radius 2 is 2.19 bits per heavy atom. The number of hydrogen-bond donors (Lipinski definition) is 2. The number of amides is 2. The largest absolute Gasteiger partial charge is 0.379 e. The molecule has 0 radical (unpaired) electrons. The summed E-state index contributed by atoms with van der Waals surface area (Å²) in [7, 11) is 0. The van der Waals surface area contributed by atoms with Crippen molar-refractivity contribution in [2.45, 2.75) is 6.42 Å². The molecule has 1 aromatic carbocycles. The molecule has 0 aliphatic carbocycles. The fraction of sp³-hybridized carbons (Fsp3) is 0.500. The minimum absolute atomic E-state index is 0.103. The highest BCUT2D eigenvalue weighted by Crippen LogP contribution is 2.31. The predicted molar refractivity (Wildman–Crippen MR) is 96.8 cm³/mol. The van der Waals surface area contributed by atoms with Crippen LogP contribution < -0.4 is 10.2 Å². The van der Waals surface area contributed by atoms with Gasteiger partial charge in [0.05, 0.1) is 30.0 Å². The topological polar surface area (TPSA) is 90.6 Å². The Balaban J connectivity index is 1.37. The molecule has 0 unspecified atom stereocenters. The Labute approximate surface area is 155 Å². The molecule has 0 saturated carbocycles. The molecule has 2 fully saturated rings. The summed E-state index contributed by atoms with van der Waals surface area (Å²) in [6.07, 6.45) is 0.103. The van der Waals surface area contributed by atoms with Crippen molar-refractivity contribution >= 4 is 28.5 Å². The summed E-state index contributed by atoms with van der Waals surface area (Å²) in [5.41, 5.74) is 0.524. The van der Waals surface area contributed by atoms with E-state index in [0.29, 0.717) is 25.3 Å². The first kappa shape index (κ1) is 17.9. The van der Waals surface area contributed by atoms with Gasteiger partial charge in [-0.15, -0.1) is 0 Å². The van der Waals surface area contributed by atoms with Gasteiger partial charge in [-0.2, -0.15) is 5.10 Å². The van der Waals surface area contributed by atoms with Crippen molar-refractivity contribution in [2.24, 2.45) is 5.92 Å². The molecule has 3 heterocycles. The summed E-state index contributed by atoms with van der Waals surface area (Å²) >= 11 is 0. The highest BCUT2D eigenvalue weighted by atomic mass is 19.1. The van der Waals surface area contributed by atoms with Crippen molar-refractivity contribution in [1.82, 2.24) is 20.4 Å². The molecule has 8 nitrogen and oxygen atoms in total. The van der Waals surface area contributed by atoms with Crippen LogP contribution in [0.25, 0.3) is 10.9 Å². The van der Waals surface area contributed by atoms with Crippen LogP contribution in [-0.2, 0) is 14.3 Å². The van der Waals surface area contributed by atoms with Crippen LogP contribution in [0.2, 0.25) is 0 Å². The highest BCUT2D eigenvalue weighted by molar-refractivity contribution is 6.05. The summed E-state index contributed by atoms with van der Waals surface area (Å²) in [5.74, 6) is -1.03. The van der Waals surface area contributed by atoms with E-state index in [4.69, 9.17) is 4.74 Å². The highest BCUT2D eigenvalue weighted by Gasteiger charge is 2.37. The molecule has 2 saturated heterocycles. The average Bonchev–Trinajstić information content (AvgIpc) is 3.27. The van der Waals surface area contributed by atoms with E-state index in [-0.39, 0.29) is 36.0 Å². The molecule has 2 aliphatic heterocycles. The van der Waals surface area contributed by atoms with Crippen LogP contribution in [-0.4, -0.2) is 72.8 Å². The lowest BCUT2D eigenvalue weighted by Crippen LogP contribution is -2.42. The molecule has 4 rings (SSSR count). The zero-order chi connectivity index (χ0) is 18.8. The van der Waals surface area contributed by atoms with Crippen molar-refractivity contribution in [3.05, 3.63) is 24.0 Å². The van der Waals surface area contributed by atoms with Gasteiger partial charge in [0.1, 0.15) is 5.82 Å². The van der Waals surface area contributed by atoms with Crippen molar-refractivity contribution in [1.29, 1.82) is 0 Å². The second kappa shape index (κ2) is 7.61. The maximum atomic E-state index is 14.2. The lowest BCUT2D eigenvalue weighted by atomic mass is 10.1. The predicted octanol–water partition coefficient (Wildman–Crippen LogP) is 0.503. The van der Waals surface area contributed by atoms with Gasteiger partial charge in [0.2, 0.25) is 11.8 Å². The molecule has 9 heteroatoms. The third kappa shape index (κ3) is 3.65. The first-order valence-electron chi connectivity index (χ1n) is 9.14. The number of rotatable bonds is 5. The summed E-state index contributed by atoms with van der Waals surface area (Å²) in [6.45, 7) is 4.66. The van der Waals surface area contributed by atoms with Crippen LogP contribution in [0, 0.1) is 11.7 Å². The van der Waals surface area contributed by atoms with Gasteiger partial charge < -0.3 is 10.1 Å². The summed E-state index contributed by atoms with van der Waals surface area (Å²) in [6, 6.07) is 4.61. The molecule has 0 spiro atoms. The number of aromatic nitrogens is 2. The van der Waals surface area contributed by atoms with Gasteiger partial charge >= 0.3 is 0 Å². The van der Waals surface area contributed by atoms with E-state index in [1.54, 1.807) is 12.1 Å². The number of carbonyl (C=O) groups excluding carboxylic acids is 2. The van der Waals surface area contributed by atoms with E-state index in [1.165, 1.54) is 11.0 Å². The third-order valence-corrected chi connectivity index (χ3v) is 5.10. The number of benzene rings is 1. The van der Waals surface area contributed by atoms with E-state index in [1.807, 2.05) is 0 Å². The molecule has 27 heavy (non-hydrogen) atoms. The Bertz CT molecular complexity index is 849. The number of fused-ring (bicyclic) bond motifs is 1. The maximum Gasteiger partial charge on any atom is 0.229 e. The molecule has 2 N–H and O–H groups in total. The standard InChI is InChI=1S/C18H22FN5O3/c19-13-2-1-3-14-16(13)17(22-21-14)24-11-12(10-15(24)25)18(26)20-4-5-23-6-8-27-9-7-23/h1-3,12H,4-11H2,(H,20,26)(H,21,22)/t12-/m1/s1. The van der Waals surface area contributed by atoms with Gasteiger partial charge in [-0.1, -0.05) is 6.07 Å². The zero-order valence-corrected chi connectivity index (χ0v) is 14.9. The minimum atomic E-state index is -0.458. The summed E-state index contributed by atoms with van der Waals surface area (Å²) < 4.78 is 19.5. The van der Waals surface area contributed by atoms with Crippen molar-refractivity contribution in [3.63, 3.8) is 0 Å². The van der Waals surface area contributed by atoms with E-state index < -0.39 is 11.7 Å². The number of hydrogen-bond acceptors (Lipinski definition) is 5. The monoisotopic (exact) mass is 375 g/mol. The zero-order valence-electron chi connectivity index (χ0n) is 14.9. The molecule has 1 atom stereocenters. The van der Waals surface area contributed by atoms with E-state index in [9.17, 15) is 14.0 Å². The molecule has 1 aromatic heterocycles. The van der Waals surface area contributed by atoms with Crippen LogP contribution in [0.1, 0.15) is 6.42 Å². The number of H-pyrrole nitrogens is 1. The number of morpholine rings is 1. The van der Waals surface area contributed by atoms with Crippen LogP contribution >= 0.6 is 0 Å².